The Morgan fingerprint density at radius 3 is 2.55 bits per heavy atom. The molecule has 2 nitrogen and oxygen atoms in total. The predicted molar refractivity (Wildman–Crippen MR) is 50.9 cm³/mol. The van der Waals surface area contributed by atoms with Gasteiger partial charge in [0.05, 0.1) is 0 Å². The maximum atomic E-state index is 3.43. The standard InChI is InChI=1S/C7H16N2.C2H6/c1-7-3-5-9(2)6-4-8-7;1-2/h7-8H,3-6H2,1-2H3;1-2H3. The fourth-order valence-corrected chi connectivity index (χ4v) is 1.13. The molecule has 1 atom stereocenters. The van der Waals surface area contributed by atoms with Gasteiger partial charge in [0.2, 0.25) is 0 Å². The number of hydrogen-bond acceptors (Lipinski definition) is 2. The van der Waals surface area contributed by atoms with Gasteiger partial charge in [0.1, 0.15) is 0 Å². The highest BCUT2D eigenvalue weighted by Crippen LogP contribution is 1.96. The Labute approximate surface area is 71.0 Å². The molecule has 2 heteroatoms. The van der Waals surface area contributed by atoms with E-state index in [1.54, 1.807) is 0 Å². The smallest absolute Gasteiger partial charge is 0.0104 e. The molecule has 0 aliphatic carbocycles. The van der Waals surface area contributed by atoms with Crippen molar-refractivity contribution >= 4 is 0 Å². The summed E-state index contributed by atoms with van der Waals surface area (Å²) < 4.78 is 0. The van der Waals surface area contributed by atoms with Gasteiger partial charge < -0.3 is 10.2 Å². The van der Waals surface area contributed by atoms with Crippen LogP contribution in [0.2, 0.25) is 0 Å². The van der Waals surface area contributed by atoms with Crippen LogP contribution in [0.1, 0.15) is 27.2 Å². The SMILES string of the molecule is CC.CC1CCN(C)CCN1. The summed E-state index contributed by atoms with van der Waals surface area (Å²) in [5, 5.41) is 3.43. The van der Waals surface area contributed by atoms with Crippen LogP contribution < -0.4 is 5.32 Å². The fraction of sp³-hybridized carbons (Fsp3) is 1.00. The topological polar surface area (TPSA) is 15.3 Å². The second-order valence-corrected chi connectivity index (χ2v) is 2.95. The lowest BCUT2D eigenvalue weighted by Gasteiger charge is -2.10. The molecule has 0 radical (unpaired) electrons. The molecule has 0 aromatic rings. The minimum absolute atomic E-state index is 0.718. The molecule has 1 heterocycles. The molecule has 11 heavy (non-hydrogen) atoms. The Bertz CT molecular complexity index is 73.6. The first-order valence-corrected chi connectivity index (χ1v) is 4.71. The summed E-state index contributed by atoms with van der Waals surface area (Å²) in [5.41, 5.74) is 0. The maximum absolute atomic E-state index is 3.43. The van der Waals surface area contributed by atoms with Crippen molar-refractivity contribution in [3.05, 3.63) is 0 Å². The second kappa shape index (κ2) is 6.62. The summed E-state index contributed by atoms with van der Waals surface area (Å²) in [4.78, 5) is 2.37. The Morgan fingerprint density at radius 2 is 1.91 bits per heavy atom. The maximum Gasteiger partial charge on any atom is 0.0104 e. The molecule has 0 bridgehead atoms. The van der Waals surface area contributed by atoms with Gasteiger partial charge in [-0.2, -0.15) is 0 Å². The zero-order valence-electron chi connectivity index (χ0n) is 8.35. The van der Waals surface area contributed by atoms with E-state index >= 15 is 0 Å². The van der Waals surface area contributed by atoms with Crippen molar-refractivity contribution < 1.29 is 0 Å². The van der Waals surface area contributed by atoms with Crippen LogP contribution in [0.5, 0.6) is 0 Å². The van der Waals surface area contributed by atoms with Crippen LogP contribution in [0.4, 0.5) is 0 Å². The first kappa shape index (κ1) is 10.9. The lowest BCUT2D eigenvalue weighted by atomic mass is 10.2. The van der Waals surface area contributed by atoms with Crippen LogP contribution in [-0.4, -0.2) is 37.6 Å². The summed E-state index contributed by atoms with van der Waals surface area (Å²) in [6.45, 7) is 9.84. The summed E-state index contributed by atoms with van der Waals surface area (Å²) >= 11 is 0. The molecule has 68 valence electrons. The summed E-state index contributed by atoms with van der Waals surface area (Å²) in [6, 6.07) is 0.718. The van der Waals surface area contributed by atoms with Crippen molar-refractivity contribution in [2.24, 2.45) is 0 Å². The van der Waals surface area contributed by atoms with Crippen LogP contribution in [0.3, 0.4) is 0 Å². The molecule has 0 saturated carbocycles. The highest BCUT2D eigenvalue weighted by Gasteiger charge is 2.07. The quantitative estimate of drug-likeness (QED) is 0.572. The number of nitrogens with zero attached hydrogens (tertiary/aromatic N) is 1. The third-order valence-corrected chi connectivity index (χ3v) is 1.93. The normalized spacial score (nSPS) is 26.7. The average Bonchev–Trinajstić information content (AvgIpc) is 2.20. The van der Waals surface area contributed by atoms with Gasteiger partial charge in [0.25, 0.3) is 0 Å². The molecule has 0 aromatic carbocycles. The molecule has 1 N–H and O–H groups in total. The van der Waals surface area contributed by atoms with Gasteiger partial charge in [-0.15, -0.1) is 0 Å². The minimum Gasteiger partial charge on any atom is -0.313 e. The van der Waals surface area contributed by atoms with E-state index in [0.29, 0.717) is 0 Å². The van der Waals surface area contributed by atoms with Gasteiger partial charge in [0, 0.05) is 19.1 Å². The molecule has 1 aliphatic rings. The summed E-state index contributed by atoms with van der Waals surface area (Å²) in [7, 11) is 2.18. The zero-order valence-corrected chi connectivity index (χ0v) is 8.35. The first-order chi connectivity index (χ1) is 5.29. The van der Waals surface area contributed by atoms with E-state index in [2.05, 4.69) is 24.2 Å². The van der Waals surface area contributed by atoms with Gasteiger partial charge in [0.15, 0.2) is 0 Å². The highest BCUT2D eigenvalue weighted by molar-refractivity contribution is 4.68. The molecule has 0 spiro atoms. The Morgan fingerprint density at radius 1 is 1.27 bits per heavy atom. The second-order valence-electron chi connectivity index (χ2n) is 2.95. The molecule has 1 rings (SSSR count). The third-order valence-electron chi connectivity index (χ3n) is 1.93. The molecule has 1 aliphatic heterocycles. The first-order valence-electron chi connectivity index (χ1n) is 4.71. The largest absolute Gasteiger partial charge is 0.313 e. The molecule has 1 fully saturated rings. The monoisotopic (exact) mass is 158 g/mol. The summed E-state index contributed by atoms with van der Waals surface area (Å²) in [6.07, 6.45) is 1.29. The van der Waals surface area contributed by atoms with E-state index in [-0.39, 0.29) is 0 Å². The average molecular weight is 158 g/mol. The highest BCUT2D eigenvalue weighted by atomic mass is 15.1. The Kier molecular flexibility index (Phi) is 6.57. The number of likely N-dealkylation sites (N-methyl/N-ethyl adjacent to an activating group) is 1. The van der Waals surface area contributed by atoms with Crippen molar-refractivity contribution in [2.75, 3.05) is 26.7 Å². The Balaban J connectivity index is 0.000000461. The van der Waals surface area contributed by atoms with Crippen LogP contribution in [0.25, 0.3) is 0 Å². The number of nitrogens with one attached hydrogen (secondary N) is 1. The van der Waals surface area contributed by atoms with Crippen molar-refractivity contribution in [3.8, 4) is 0 Å². The third kappa shape index (κ3) is 5.22. The molecule has 0 amide bonds. The van der Waals surface area contributed by atoms with Crippen LogP contribution >= 0.6 is 0 Å². The van der Waals surface area contributed by atoms with E-state index < -0.39 is 0 Å². The van der Waals surface area contributed by atoms with Crippen LogP contribution in [-0.2, 0) is 0 Å². The van der Waals surface area contributed by atoms with Gasteiger partial charge >= 0.3 is 0 Å². The van der Waals surface area contributed by atoms with Crippen molar-refractivity contribution in [3.63, 3.8) is 0 Å². The van der Waals surface area contributed by atoms with E-state index in [9.17, 15) is 0 Å². The molecule has 1 unspecified atom stereocenters. The molecule has 1 saturated heterocycles. The molecule has 0 aromatic heterocycles. The van der Waals surface area contributed by atoms with Crippen molar-refractivity contribution in [1.82, 2.24) is 10.2 Å². The van der Waals surface area contributed by atoms with Crippen LogP contribution in [0.15, 0.2) is 0 Å². The van der Waals surface area contributed by atoms with E-state index in [4.69, 9.17) is 0 Å². The zero-order chi connectivity index (χ0) is 8.69. The number of hydrogen-bond donors (Lipinski definition) is 1. The molecular formula is C9H22N2. The van der Waals surface area contributed by atoms with Gasteiger partial charge in [-0.05, 0) is 26.9 Å². The lowest BCUT2D eigenvalue weighted by Crippen LogP contribution is -2.27. The summed E-state index contributed by atoms with van der Waals surface area (Å²) in [5.74, 6) is 0. The predicted octanol–water partition coefficient (Wildman–Crippen LogP) is 1.33. The minimum atomic E-state index is 0.718. The fourth-order valence-electron chi connectivity index (χ4n) is 1.13. The Hall–Kier alpha value is -0.0800. The van der Waals surface area contributed by atoms with Crippen molar-refractivity contribution in [2.45, 2.75) is 33.2 Å². The lowest BCUT2D eigenvalue weighted by molar-refractivity contribution is 0.356. The van der Waals surface area contributed by atoms with Gasteiger partial charge in [-0.1, -0.05) is 13.8 Å². The van der Waals surface area contributed by atoms with Crippen molar-refractivity contribution in [1.29, 1.82) is 0 Å². The van der Waals surface area contributed by atoms with E-state index in [1.807, 2.05) is 13.8 Å². The van der Waals surface area contributed by atoms with E-state index in [0.717, 1.165) is 12.6 Å². The number of rotatable bonds is 0. The molecular weight excluding hydrogens is 136 g/mol. The van der Waals surface area contributed by atoms with E-state index in [1.165, 1.54) is 19.5 Å². The van der Waals surface area contributed by atoms with Gasteiger partial charge in [-0.3, -0.25) is 0 Å². The van der Waals surface area contributed by atoms with Gasteiger partial charge in [-0.25, -0.2) is 0 Å². The van der Waals surface area contributed by atoms with Crippen LogP contribution in [0, 0.1) is 0 Å².